The molecule has 0 aromatic carbocycles. The minimum absolute atomic E-state index is 0.0433. The van der Waals surface area contributed by atoms with Crippen LogP contribution in [0, 0.1) is 5.41 Å². The third-order valence-corrected chi connectivity index (χ3v) is 2.54. The van der Waals surface area contributed by atoms with Crippen molar-refractivity contribution < 1.29 is 4.79 Å². The van der Waals surface area contributed by atoms with Gasteiger partial charge < -0.3 is 5.32 Å². The first-order valence-electron chi connectivity index (χ1n) is 4.54. The SMILES string of the molecule is CCCC1(CN=[N+]=[N-])CCNC1=O. The Balaban J connectivity index is 2.73. The summed E-state index contributed by atoms with van der Waals surface area (Å²) in [5.74, 6) is 0.0433. The number of azide groups is 1. The maximum atomic E-state index is 11.5. The molecule has 1 amide bonds. The largest absolute Gasteiger partial charge is 0.356 e. The fraction of sp³-hybridized carbons (Fsp3) is 0.875. The predicted molar refractivity (Wildman–Crippen MR) is 49.0 cm³/mol. The van der Waals surface area contributed by atoms with Crippen molar-refractivity contribution in [2.45, 2.75) is 26.2 Å². The maximum absolute atomic E-state index is 11.5. The van der Waals surface area contributed by atoms with Gasteiger partial charge in [0.05, 0.1) is 5.41 Å². The lowest BCUT2D eigenvalue weighted by Crippen LogP contribution is -2.33. The van der Waals surface area contributed by atoms with Crippen molar-refractivity contribution in [2.75, 3.05) is 13.1 Å². The number of carbonyl (C=O) groups is 1. The van der Waals surface area contributed by atoms with Gasteiger partial charge in [0.15, 0.2) is 0 Å². The number of rotatable bonds is 4. The fourth-order valence-corrected chi connectivity index (χ4v) is 1.83. The summed E-state index contributed by atoms with van der Waals surface area (Å²) in [6, 6.07) is 0. The molecule has 1 aliphatic heterocycles. The van der Waals surface area contributed by atoms with Gasteiger partial charge >= 0.3 is 0 Å². The lowest BCUT2D eigenvalue weighted by atomic mass is 9.82. The topological polar surface area (TPSA) is 77.9 Å². The minimum atomic E-state index is -0.416. The van der Waals surface area contributed by atoms with Crippen LogP contribution in [-0.4, -0.2) is 19.0 Å². The standard InChI is InChI=1S/C8H14N4O/c1-2-3-8(6-11-12-9)4-5-10-7(8)13/h2-6H2,1H3,(H,10,13). The predicted octanol–water partition coefficient (Wildman–Crippen LogP) is 1.60. The van der Waals surface area contributed by atoms with E-state index in [1.807, 2.05) is 6.92 Å². The first kappa shape index (κ1) is 9.86. The van der Waals surface area contributed by atoms with Gasteiger partial charge in [0.1, 0.15) is 0 Å². The summed E-state index contributed by atoms with van der Waals surface area (Å²) in [7, 11) is 0. The van der Waals surface area contributed by atoms with Crippen LogP contribution < -0.4 is 5.32 Å². The molecule has 5 nitrogen and oxygen atoms in total. The van der Waals surface area contributed by atoms with E-state index in [-0.39, 0.29) is 5.91 Å². The van der Waals surface area contributed by atoms with E-state index in [1.54, 1.807) is 0 Å². The Bertz CT molecular complexity index is 247. The van der Waals surface area contributed by atoms with E-state index in [0.717, 1.165) is 19.3 Å². The van der Waals surface area contributed by atoms with Gasteiger partial charge in [0, 0.05) is 18.0 Å². The molecule has 1 unspecified atom stereocenters. The van der Waals surface area contributed by atoms with E-state index in [0.29, 0.717) is 13.1 Å². The molecule has 1 heterocycles. The van der Waals surface area contributed by atoms with E-state index >= 15 is 0 Å². The zero-order chi connectivity index (χ0) is 9.73. The van der Waals surface area contributed by atoms with Crippen molar-refractivity contribution in [3.8, 4) is 0 Å². The van der Waals surface area contributed by atoms with Gasteiger partial charge in [-0.2, -0.15) is 0 Å². The number of nitrogens with zero attached hydrogens (tertiary/aromatic N) is 3. The molecule has 1 atom stereocenters. The molecule has 0 aromatic heterocycles. The van der Waals surface area contributed by atoms with E-state index < -0.39 is 5.41 Å². The van der Waals surface area contributed by atoms with Crippen molar-refractivity contribution in [1.29, 1.82) is 0 Å². The molecular formula is C8H14N4O. The van der Waals surface area contributed by atoms with Crippen LogP contribution in [0.15, 0.2) is 5.11 Å². The third-order valence-electron chi connectivity index (χ3n) is 2.54. The molecule has 0 aromatic rings. The van der Waals surface area contributed by atoms with E-state index in [2.05, 4.69) is 15.3 Å². The minimum Gasteiger partial charge on any atom is -0.356 e. The van der Waals surface area contributed by atoms with E-state index in [1.165, 1.54) is 0 Å². The highest BCUT2D eigenvalue weighted by Crippen LogP contribution is 2.32. The molecule has 5 heteroatoms. The Hall–Kier alpha value is -1.22. The van der Waals surface area contributed by atoms with Gasteiger partial charge in [-0.05, 0) is 18.4 Å². The maximum Gasteiger partial charge on any atom is 0.226 e. The number of hydrogen-bond donors (Lipinski definition) is 1. The van der Waals surface area contributed by atoms with Crippen LogP contribution in [0.2, 0.25) is 0 Å². The van der Waals surface area contributed by atoms with Crippen molar-refractivity contribution in [1.82, 2.24) is 5.32 Å². The Morgan fingerprint density at radius 3 is 3.00 bits per heavy atom. The van der Waals surface area contributed by atoms with E-state index in [9.17, 15) is 4.79 Å². The number of hydrogen-bond acceptors (Lipinski definition) is 2. The van der Waals surface area contributed by atoms with Gasteiger partial charge in [-0.3, -0.25) is 4.79 Å². The molecule has 0 bridgehead atoms. The quantitative estimate of drug-likeness (QED) is 0.400. The van der Waals surface area contributed by atoms with Gasteiger partial charge in [-0.1, -0.05) is 18.5 Å². The number of amides is 1. The zero-order valence-corrected chi connectivity index (χ0v) is 7.79. The molecular weight excluding hydrogens is 168 g/mol. The average Bonchev–Trinajstić information content (AvgIpc) is 2.46. The van der Waals surface area contributed by atoms with Crippen molar-refractivity contribution in [3.05, 3.63) is 10.4 Å². The molecule has 0 aliphatic carbocycles. The molecule has 13 heavy (non-hydrogen) atoms. The summed E-state index contributed by atoms with van der Waals surface area (Å²) >= 11 is 0. The fourth-order valence-electron chi connectivity index (χ4n) is 1.83. The summed E-state index contributed by atoms with van der Waals surface area (Å²) in [5, 5.41) is 6.30. The lowest BCUT2D eigenvalue weighted by molar-refractivity contribution is -0.127. The Morgan fingerprint density at radius 2 is 2.54 bits per heavy atom. The smallest absolute Gasteiger partial charge is 0.226 e. The number of carbonyl (C=O) groups excluding carboxylic acids is 1. The monoisotopic (exact) mass is 182 g/mol. The van der Waals surface area contributed by atoms with Crippen molar-refractivity contribution in [2.24, 2.45) is 10.5 Å². The molecule has 1 aliphatic rings. The summed E-state index contributed by atoms with van der Waals surface area (Å²) in [6.45, 7) is 3.03. The molecule has 1 fully saturated rings. The summed E-state index contributed by atoms with van der Waals surface area (Å²) in [5.41, 5.74) is 7.81. The van der Waals surface area contributed by atoms with Crippen molar-refractivity contribution in [3.63, 3.8) is 0 Å². The average molecular weight is 182 g/mol. The van der Waals surface area contributed by atoms with Crippen LogP contribution in [0.1, 0.15) is 26.2 Å². The first-order valence-corrected chi connectivity index (χ1v) is 4.54. The summed E-state index contributed by atoms with van der Waals surface area (Å²) in [4.78, 5) is 14.2. The highest BCUT2D eigenvalue weighted by atomic mass is 16.2. The molecule has 1 saturated heterocycles. The molecule has 1 N–H and O–H groups in total. The molecule has 0 spiro atoms. The van der Waals surface area contributed by atoms with Crippen LogP contribution >= 0.6 is 0 Å². The summed E-state index contributed by atoms with van der Waals surface area (Å²) in [6.07, 6.45) is 2.53. The second-order valence-corrected chi connectivity index (χ2v) is 3.43. The Kier molecular flexibility index (Phi) is 3.14. The normalized spacial score (nSPS) is 26.7. The summed E-state index contributed by atoms with van der Waals surface area (Å²) < 4.78 is 0. The van der Waals surface area contributed by atoms with Gasteiger partial charge in [0.2, 0.25) is 5.91 Å². The highest BCUT2D eigenvalue weighted by Gasteiger charge is 2.40. The highest BCUT2D eigenvalue weighted by molar-refractivity contribution is 5.84. The van der Waals surface area contributed by atoms with Gasteiger partial charge in [-0.15, -0.1) is 0 Å². The van der Waals surface area contributed by atoms with Gasteiger partial charge in [0.25, 0.3) is 0 Å². The van der Waals surface area contributed by atoms with Crippen LogP contribution in [0.4, 0.5) is 0 Å². The van der Waals surface area contributed by atoms with E-state index in [4.69, 9.17) is 5.53 Å². The Morgan fingerprint density at radius 1 is 1.77 bits per heavy atom. The van der Waals surface area contributed by atoms with Crippen LogP contribution in [-0.2, 0) is 4.79 Å². The molecule has 0 saturated carbocycles. The van der Waals surface area contributed by atoms with Crippen LogP contribution in [0.25, 0.3) is 10.4 Å². The Labute approximate surface area is 77.1 Å². The second-order valence-electron chi connectivity index (χ2n) is 3.43. The number of nitrogens with one attached hydrogen (secondary N) is 1. The van der Waals surface area contributed by atoms with Gasteiger partial charge in [-0.25, -0.2) is 0 Å². The second kappa shape index (κ2) is 4.14. The molecule has 72 valence electrons. The zero-order valence-electron chi connectivity index (χ0n) is 7.79. The third kappa shape index (κ3) is 1.92. The molecule has 0 radical (unpaired) electrons. The first-order chi connectivity index (χ1) is 6.25. The van der Waals surface area contributed by atoms with Crippen molar-refractivity contribution >= 4 is 5.91 Å². The lowest BCUT2D eigenvalue weighted by Gasteiger charge is -2.22. The van der Waals surface area contributed by atoms with Crippen LogP contribution in [0.3, 0.4) is 0 Å². The van der Waals surface area contributed by atoms with Crippen LogP contribution in [0.5, 0.6) is 0 Å². The molecule has 1 rings (SSSR count).